The Morgan fingerprint density at radius 1 is 1.06 bits per heavy atom. The lowest BCUT2D eigenvalue weighted by atomic mass is 10.1. The molecule has 0 aliphatic heterocycles. The molecule has 0 atom stereocenters. The molecule has 3 N–H and O–H groups in total. The van der Waals surface area contributed by atoms with E-state index in [9.17, 15) is 4.79 Å². The molecule has 2 aromatic rings. The van der Waals surface area contributed by atoms with E-state index in [1.807, 2.05) is 42.3 Å². The van der Waals surface area contributed by atoms with E-state index in [4.69, 9.17) is 24.5 Å². The molecular weight excluding hydrogens is 412 g/mol. The number of hydrogen-bond donors (Lipinski definition) is 3. The van der Waals surface area contributed by atoms with Crippen molar-refractivity contribution in [3.63, 3.8) is 0 Å². The maximum Gasteiger partial charge on any atom is 0.414 e. The van der Waals surface area contributed by atoms with Crippen molar-refractivity contribution in [3.05, 3.63) is 71.8 Å². The summed E-state index contributed by atoms with van der Waals surface area (Å²) in [7, 11) is 1.95. The van der Waals surface area contributed by atoms with E-state index in [2.05, 4.69) is 24.0 Å². The second-order valence-electron chi connectivity index (χ2n) is 7.41. The van der Waals surface area contributed by atoms with Crippen molar-refractivity contribution in [1.29, 1.82) is 0 Å². The number of benzene rings is 2. The molecule has 0 saturated heterocycles. The Morgan fingerprint density at radius 3 is 2.34 bits per heavy atom. The predicted octanol–water partition coefficient (Wildman–Crippen LogP) is 2.97. The summed E-state index contributed by atoms with van der Waals surface area (Å²) in [4.78, 5) is 32.5. The number of rotatable bonds is 8. The lowest BCUT2D eigenvalue weighted by Gasteiger charge is -2.17. The van der Waals surface area contributed by atoms with Crippen molar-refractivity contribution in [2.45, 2.75) is 25.8 Å². The Labute approximate surface area is 187 Å². The van der Waals surface area contributed by atoms with Gasteiger partial charge in [-0.1, -0.05) is 30.9 Å². The highest BCUT2D eigenvalue weighted by Gasteiger charge is 2.13. The molecule has 1 aliphatic rings. The molecule has 3 rings (SSSR count). The van der Waals surface area contributed by atoms with Gasteiger partial charge in [0.1, 0.15) is 12.4 Å². The van der Waals surface area contributed by atoms with Gasteiger partial charge < -0.3 is 20.3 Å². The second-order valence-corrected chi connectivity index (χ2v) is 7.41. The third kappa shape index (κ3) is 8.23. The van der Waals surface area contributed by atoms with Crippen LogP contribution in [-0.4, -0.2) is 53.2 Å². The van der Waals surface area contributed by atoms with E-state index in [0.29, 0.717) is 19.7 Å². The largest absolute Gasteiger partial charge is 0.490 e. The highest BCUT2D eigenvalue weighted by Crippen LogP contribution is 2.24. The Balaban J connectivity index is 0.000000534. The molecule has 0 unspecified atom stereocenters. The maximum atomic E-state index is 12.3. The van der Waals surface area contributed by atoms with Gasteiger partial charge in [-0.2, -0.15) is 0 Å². The van der Waals surface area contributed by atoms with E-state index in [1.165, 1.54) is 17.5 Å². The van der Waals surface area contributed by atoms with Gasteiger partial charge in [-0.25, -0.2) is 9.59 Å². The summed E-state index contributed by atoms with van der Waals surface area (Å²) in [6.45, 7) is 5.20. The van der Waals surface area contributed by atoms with Gasteiger partial charge in [0.2, 0.25) is 5.91 Å². The molecular formula is C24H28N2O6. The summed E-state index contributed by atoms with van der Waals surface area (Å²) in [6, 6.07) is 14.2. The second kappa shape index (κ2) is 12.3. The number of carboxylic acid groups (broad SMARTS) is 2. The molecule has 0 fully saturated rings. The van der Waals surface area contributed by atoms with E-state index < -0.39 is 11.9 Å². The molecule has 0 aromatic heterocycles. The van der Waals surface area contributed by atoms with Crippen molar-refractivity contribution >= 4 is 23.5 Å². The van der Waals surface area contributed by atoms with Crippen LogP contribution in [0.1, 0.15) is 23.1 Å². The molecule has 0 radical (unpaired) electrons. The van der Waals surface area contributed by atoms with Gasteiger partial charge in [0.25, 0.3) is 0 Å². The quantitative estimate of drug-likeness (QED) is 0.427. The summed E-state index contributed by atoms with van der Waals surface area (Å²) < 4.78 is 5.48. The smallest absolute Gasteiger partial charge is 0.414 e. The van der Waals surface area contributed by atoms with Gasteiger partial charge in [0.15, 0.2) is 0 Å². The number of nitrogens with one attached hydrogen (secondary N) is 1. The highest BCUT2D eigenvalue weighted by atomic mass is 16.5. The summed E-state index contributed by atoms with van der Waals surface area (Å²) in [6.07, 6.45) is 5.21. The third-order valence-corrected chi connectivity index (χ3v) is 4.72. The molecule has 0 bridgehead atoms. The lowest BCUT2D eigenvalue weighted by molar-refractivity contribution is -0.159. The molecule has 32 heavy (non-hydrogen) atoms. The first-order valence-electron chi connectivity index (χ1n) is 10.2. The topological polar surface area (TPSA) is 116 Å². The number of carbonyl (C=O) groups excluding carboxylic acids is 1. The maximum absolute atomic E-state index is 12.3. The number of aliphatic carboxylic acids is 2. The van der Waals surface area contributed by atoms with Gasteiger partial charge >= 0.3 is 11.9 Å². The fourth-order valence-electron chi connectivity index (χ4n) is 3.31. The molecule has 8 nitrogen and oxygen atoms in total. The van der Waals surface area contributed by atoms with E-state index >= 15 is 0 Å². The fourth-order valence-corrected chi connectivity index (χ4v) is 3.31. The van der Waals surface area contributed by atoms with Crippen molar-refractivity contribution in [2.24, 2.45) is 0 Å². The zero-order valence-electron chi connectivity index (χ0n) is 18.0. The predicted molar refractivity (Wildman–Crippen MR) is 121 cm³/mol. The van der Waals surface area contributed by atoms with Crippen LogP contribution < -0.4 is 10.1 Å². The van der Waals surface area contributed by atoms with Gasteiger partial charge in [-0.05, 0) is 67.3 Å². The summed E-state index contributed by atoms with van der Waals surface area (Å²) in [5.41, 5.74) is 4.83. The van der Waals surface area contributed by atoms with Gasteiger partial charge in [0, 0.05) is 12.2 Å². The summed E-state index contributed by atoms with van der Waals surface area (Å²) >= 11 is 0. The average Bonchev–Trinajstić information content (AvgIpc) is 3.21. The van der Waals surface area contributed by atoms with Crippen LogP contribution in [-0.2, 0) is 33.8 Å². The van der Waals surface area contributed by atoms with Gasteiger partial charge in [-0.3, -0.25) is 9.69 Å². The number of hydrogen-bond acceptors (Lipinski definition) is 5. The Hall–Kier alpha value is -3.65. The van der Waals surface area contributed by atoms with Crippen LogP contribution in [0.4, 0.5) is 5.69 Å². The molecule has 0 saturated carbocycles. The van der Waals surface area contributed by atoms with Crippen molar-refractivity contribution in [3.8, 4) is 5.75 Å². The normalized spacial score (nSPS) is 11.7. The minimum absolute atomic E-state index is 0.0105. The van der Waals surface area contributed by atoms with Crippen LogP contribution in [0, 0.1) is 0 Å². The van der Waals surface area contributed by atoms with Crippen LogP contribution in [0.5, 0.6) is 5.75 Å². The summed E-state index contributed by atoms with van der Waals surface area (Å²) in [5, 5.41) is 17.8. The number of likely N-dealkylation sites (N-methyl/N-ethyl adjacent to an activating group) is 1. The van der Waals surface area contributed by atoms with Crippen LogP contribution in [0.15, 0.2) is 55.1 Å². The van der Waals surface area contributed by atoms with Gasteiger partial charge in [0.05, 0.1) is 6.54 Å². The minimum Gasteiger partial charge on any atom is -0.490 e. The van der Waals surface area contributed by atoms with Crippen molar-refractivity contribution < 1.29 is 29.3 Å². The first-order chi connectivity index (χ1) is 15.3. The number of carbonyl (C=O) groups is 3. The minimum atomic E-state index is -1.82. The number of nitrogens with zero attached hydrogens (tertiary/aromatic N) is 1. The average molecular weight is 440 g/mol. The molecule has 2 aromatic carbocycles. The summed E-state index contributed by atoms with van der Waals surface area (Å²) in [5.74, 6) is -2.81. The Kier molecular flexibility index (Phi) is 9.43. The standard InChI is InChI=1S/C22H26N2O2.C2H2O4/c1-3-13-26-21-11-7-17(8-12-21)15-24(2)16-22(25)23-20-10-9-18-5-4-6-19(18)14-20;3-1(4)2(5)6/h3,7-12,14H,1,4-6,13,15-16H2,2H3,(H,23,25);(H,3,4)(H,5,6). The Morgan fingerprint density at radius 2 is 1.72 bits per heavy atom. The fraction of sp³-hybridized carbons (Fsp3) is 0.292. The number of fused-ring (bicyclic) bond motifs is 1. The number of ether oxygens (including phenoxy) is 1. The van der Waals surface area contributed by atoms with E-state index in [-0.39, 0.29) is 5.91 Å². The van der Waals surface area contributed by atoms with Crippen LogP contribution >= 0.6 is 0 Å². The zero-order valence-corrected chi connectivity index (χ0v) is 18.0. The third-order valence-electron chi connectivity index (χ3n) is 4.72. The zero-order chi connectivity index (χ0) is 23.5. The van der Waals surface area contributed by atoms with E-state index in [0.717, 1.165) is 29.8 Å². The number of anilines is 1. The molecule has 1 aliphatic carbocycles. The highest BCUT2D eigenvalue weighted by molar-refractivity contribution is 6.27. The molecule has 0 spiro atoms. The first-order valence-corrected chi connectivity index (χ1v) is 10.2. The molecule has 0 heterocycles. The monoisotopic (exact) mass is 440 g/mol. The van der Waals surface area contributed by atoms with Crippen LogP contribution in [0.3, 0.4) is 0 Å². The number of amides is 1. The first kappa shape index (κ1) is 24.6. The van der Waals surface area contributed by atoms with Crippen LogP contribution in [0.2, 0.25) is 0 Å². The lowest BCUT2D eigenvalue weighted by Crippen LogP contribution is -2.29. The molecule has 8 heteroatoms. The van der Waals surface area contributed by atoms with Gasteiger partial charge in [-0.15, -0.1) is 0 Å². The molecule has 170 valence electrons. The van der Waals surface area contributed by atoms with Crippen molar-refractivity contribution in [2.75, 3.05) is 25.5 Å². The number of carboxylic acids is 2. The van der Waals surface area contributed by atoms with Crippen molar-refractivity contribution in [1.82, 2.24) is 4.90 Å². The number of aryl methyl sites for hydroxylation is 2. The van der Waals surface area contributed by atoms with E-state index in [1.54, 1.807) is 6.08 Å². The Bertz CT molecular complexity index is 943. The SMILES string of the molecule is C=CCOc1ccc(CN(C)CC(=O)Nc2ccc3c(c2)CCC3)cc1.O=C(O)C(=O)O. The molecule has 1 amide bonds. The van der Waals surface area contributed by atoms with Crippen LogP contribution in [0.25, 0.3) is 0 Å².